The summed E-state index contributed by atoms with van der Waals surface area (Å²) in [5.74, 6) is 1.05. The molecule has 0 aliphatic carbocycles. The van der Waals surface area contributed by atoms with Crippen LogP contribution in [0.25, 0.3) is 11.1 Å². The van der Waals surface area contributed by atoms with Crippen molar-refractivity contribution in [3.63, 3.8) is 0 Å². The van der Waals surface area contributed by atoms with Crippen LogP contribution in [0.5, 0.6) is 0 Å². The standard InChI is InChI=1S/C21H27N3O/c1-3-16(2)23-21(25)18-9-7-17(8-10-18)19-11-12-20(22-15-19)24-13-5-4-6-14-24/h7-12,15-16H,3-6,13-14H2,1-2H3,(H,23,25)/t16-/m1/s1. The molecule has 1 atom stereocenters. The van der Waals surface area contributed by atoms with Crippen LogP contribution in [-0.4, -0.2) is 30.0 Å². The normalized spacial score (nSPS) is 15.7. The third-order valence-corrected chi connectivity index (χ3v) is 4.90. The van der Waals surface area contributed by atoms with E-state index in [4.69, 9.17) is 0 Å². The molecule has 1 amide bonds. The van der Waals surface area contributed by atoms with E-state index in [1.165, 1.54) is 19.3 Å². The molecule has 4 heteroatoms. The van der Waals surface area contributed by atoms with E-state index in [2.05, 4.69) is 34.3 Å². The molecular formula is C21H27N3O. The molecule has 1 aromatic carbocycles. The highest BCUT2D eigenvalue weighted by Gasteiger charge is 2.12. The zero-order chi connectivity index (χ0) is 17.6. The van der Waals surface area contributed by atoms with Crippen molar-refractivity contribution in [1.82, 2.24) is 10.3 Å². The maximum atomic E-state index is 12.2. The van der Waals surface area contributed by atoms with Crippen molar-refractivity contribution in [2.45, 2.75) is 45.6 Å². The Hall–Kier alpha value is -2.36. The minimum absolute atomic E-state index is 0.0144. The Balaban J connectivity index is 1.68. The van der Waals surface area contributed by atoms with Crippen molar-refractivity contribution in [2.24, 2.45) is 0 Å². The Bertz CT molecular complexity index is 688. The monoisotopic (exact) mass is 337 g/mol. The van der Waals surface area contributed by atoms with Crippen LogP contribution in [0.2, 0.25) is 0 Å². The molecule has 4 nitrogen and oxygen atoms in total. The van der Waals surface area contributed by atoms with E-state index in [-0.39, 0.29) is 11.9 Å². The first-order valence-electron chi connectivity index (χ1n) is 9.29. The number of rotatable bonds is 5. The van der Waals surface area contributed by atoms with Crippen LogP contribution in [0.1, 0.15) is 49.9 Å². The number of aromatic nitrogens is 1. The summed E-state index contributed by atoms with van der Waals surface area (Å²) in [6.07, 6.45) is 6.69. The number of carbonyl (C=O) groups excluding carboxylic acids is 1. The van der Waals surface area contributed by atoms with Crippen molar-refractivity contribution < 1.29 is 4.79 Å². The summed E-state index contributed by atoms with van der Waals surface area (Å²) in [6.45, 7) is 6.29. The van der Waals surface area contributed by atoms with Gasteiger partial charge in [-0.2, -0.15) is 0 Å². The second-order valence-corrected chi connectivity index (χ2v) is 6.81. The predicted molar refractivity (Wildman–Crippen MR) is 103 cm³/mol. The number of nitrogens with one attached hydrogen (secondary N) is 1. The highest BCUT2D eigenvalue weighted by molar-refractivity contribution is 5.94. The first kappa shape index (κ1) is 17.5. The van der Waals surface area contributed by atoms with Crippen LogP contribution in [0.3, 0.4) is 0 Å². The molecule has 1 aliphatic heterocycles. The summed E-state index contributed by atoms with van der Waals surface area (Å²) in [7, 11) is 0. The van der Waals surface area contributed by atoms with Crippen molar-refractivity contribution in [2.75, 3.05) is 18.0 Å². The van der Waals surface area contributed by atoms with E-state index in [9.17, 15) is 4.79 Å². The number of nitrogens with zero attached hydrogens (tertiary/aromatic N) is 2. The van der Waals surface area contributed by atoms with Crippen LogP contribution in [0.4, 0.5) is 5.82 Å². The van der Waals surface area contributed by atoms with Crippen molar-refractivity contribution >= 4 is 11.7 Å². The predicted octanol–water partition coefficient (Wildman–Crippen LogP) is 4.27. The van der Waals surface area contributed by atoms with Crippen LogP contribution in [0, 0.1) is 0 Å². The molecule has 2 heterocycles. The minimum atomic E-state index is -0.0144. The first-order chi connectivity index (χ1) is 12.2. The number of hydrogen-bond acceptors (Lipinski definition) is 3. The van der Waals surface area contributed by atoms with Gasteiger partial charge in [0.2, 0.25) is 0 Å². The Labute approximate surface area is 150 Å². The summed E-state index contributed by atoms with van der Waals surface area (Å²) in [6, 6.07) is 12.2. The molecule has 1 aliphatic rings. The Morgan fingerprint density at radius 1 is 1.08 bits per heavy atom. The summed E-state index contributed by atoms with van der Waals surface area (Å²) < 4.78 is 0. The Kier molecular flexibility index (Phi) is 5.69. The quantitative estimate of drug-likeness (QED) is 0.886. The SMILES string of the molecule is CC[C@@H](C)NC(=O)c1ccc(-c2ccc(N3CCCCC3)nc2)cc1. The van der Waals surface area contributed by atoms with Crippen molar-refractivity contribution in [3.05, 3.63) is 48.2 Å². The molecule has 1 fully saturated rings. The van der Waals surface area contributed by atoms with Crippen LogP contribution in [-0.2, 0) is 0 Å². The fraction of sp³-hybridized carbons (Fsp3) is 0.429. The molecule has 0 saturated carbocycles. The van der Waals surface area contributed by atoms with E-state index in [1.54, 1.807) is 0 Å². The van der Waals surface area contributed by atoms with E-state index < -0.39 is 0 Å². The lowest BCUT2D eigenvalue weighted by Crippen LogP contribution is -2.31. The summed E-state index contributed by atoms with van der Waals surface area (Å²) in [5.41, 5.74) is 2.86. The lowest BCUT2D eigenvalue weighted by atomic mass is 10.0. The largest absolute Gasteiger partial charge is 0.357 e. The third kappa shape index (κ3) is 4.38. The van der Waals surface area contributed by atoms with Gasteiger partial charge in [-0.25, -0.2) is 4.98 Å². The van der Waals surface area contributed by atoms with E-state index >= 15 is 0 Å². The van der Waals surface area contributed by atoms with Crippen LogP contribution < -0.4 is 10.2 Å². The summed E-state index contributed by atoms with van der Waals surface area (Å²) >= 11 is 0. The zero-order valence-corrected chi connectivity index (χ0v) is 15.2. The molecule has 25 heavy (non-hydrogen) atoms. The van der Waals surface area contributed by atoms with Gasteiger partial charge in [-0.3, -0.25) is 4.79 Å². The maximum Gasteiger partial charge on any atom is 0.251 e. The number of amides is 1. The molecule has 0 bridgehead atoms. The zero-order valence-electron chi connectivity index (χ0n) is 15.2. The Morgan fingerprint density at radius 2 is 1.76 bits per heavy atom. The lowest BCUT2D eigenvalue weighted by Gasteiger charge is -2.27. The second kappa shape index (κ2) is 8.15. The second-order valence-electron chi connectivity index (χ2n) is 6.81. The smallest absolute Gasteiger partial charge is 0.251 e. The number of carbonyl (C=O) groups is 1. The average molecular weight is 337 g/mol. The molecule has 1 aromatic heterocycles. The van der Waals surface area contributed by atoms with Crippen LogP contribution >= 0.6 is 0 Å². The van der Waals surface area contributed by atoms with Gasteiger partial charge in [0.15, 0.2) is 0 Å². The molecule has 3 rings (SSSR count). The molecule has 0 radical (unpaired) electrons. The highest BCUT2D eigenvalue weighted by atomic mass is 16.1. The van der Waals surface area contributed by atoms with Gasteiger partial charge in [-0.05, 0) is 62.4 Å². The van der Waals surface area contributed by atoms with Gasteiger partial charge in [-0.1, -0.05) is 19.1 Å². The summed E-state index contributed by atoms with van der Waals surface area (Å²) in [5, 5.41) is 2.99. The van der Waals surface area contributed by atoms with Gasteiger partial charge in [0, 0.05) is 36.5 Å². The van der Waals surface area contributed by atoms with Crippen molar-refractivity contribution in [3.8, 4) is 11.1 Å². The summed E-state index contributed by atoms with van der Waals surface area (Å²) in [4.78, 5) is 19.1. The fourth-order valence-electron chi connectivity index (χ4n) is 3.09. The molecule has 132 valence electrons. The molecule has 2 aromatic rings. The minimum Gasteiger partial charge on any atom is -0.357 e. The maximum absolute atomic E-state index is 12.2. The third-order valence-electron chi connectivity index (χ3n) is 4.90. The molecule has 0 unspecified atom stereocenters. The highest BCUT2D eigenvalue weighted by Crippen LogP contribution is 2.23. The van der Waals surface area contributed by atoms with Gasteiger partial charge in [0.1, 0.15) is 5.82 Å². The number of pyridine rings is 1. The molecular weight excluding hydrogens is 310 g/mol. The molecule has 1 N–H and O–H groups in total. The van der Waals surface area contributed by atoms with Crippen molar-refractivity contribution in [1.29, 1.82) is 0 Å². The van der Waals surface area contributed by atoms with E-state index in [0.29, 0.717) is 5.56 Å². The van der Waals surface area contributed by atoms with Gasteiger partial charge in [-0.15, -0.1) is 0 Å². The van der Waals surface area contributed by atoms with Crippen LogP contribution in [0.15, 0.2) is 42.6 Å². The van der Waals surface area contributed by atoms with E-state index in [1.807, 2.05) is 37.4 Å². The molecule has 1 saturated heterocycles. The van der Waals surface area contributed by atoms with Gasteiger partial charge in [0.25, 0.3) is 5.91 Å². The van der Waals surface area contributed by atoms with Gasteiger partial charge in [0.05, 0.1) is 0 Å². The van der Waals surface area contributed by atoms with Gasteiger partial charge >= 0.3 is 0 Å². The van der Waals surface area contributed by atoms with E-state index in [0.717, 1.165) is 36.5 Å². The van der Waals surface area contributed by atoms with Gasteiger partial charge < -0.3 is 10.2 Å². The lowest BCUT2D eigenvalue weighted by molar-refractivity contribution is 0.0939. The average Bonchev–Trinajstić information content (AvgIpc) is 2.69. The number of hydrogen-bond donors (Lipinski definition) is 1. The number of anilines is 1. The topological polar surface area (TPSA) is 45.2 Å². The number of benzene rings is 1. The number of piperidine rings is 1. The Morgan fingerprint density at radius 3 is 2.36 bits per heavy atom. The molecule has 0 spiro atoms. The fourth-order valence-corrected chi connectivity index (χ4v) is 3.09. The first-order valence-corrected chi connectivity index (χ1v) is 9.29.